The normalized spacial score (nSPS) is 24.8. The zero-order chi connectivity index (χ0) is 16.8. The van der Waals surface area contributed by atoms with E-state index in [0.29, 0.717) is 16.9 Å². The second kappa shape index (κ2) is 6.69. The second-order valence-corrected chi connectivity index (χ2v) is 6.90. The van der Waals surface area contributed by atoms with E-state index in [1.807, 2.05) is 7.05 Å². The fourth-order valence-corrected chi connectivity index (χ4v) is 4.05. The molecule has 0 radical (unpaired) electrons. The van der Waals surface area contributed by atoms with E-state index in [1.165, 1.54) is 6.07 Å². The molecule has 2 N–H and O–H groups in total. The van der Waals surface area contributed by atoms with Crippen molar-refractivity contribution in [3.05, 3.63) is 30.0 Å². The maximum absolute atomic E-state index is 12.6. The number of hydrogen-bond acceptors (Lipinski definition) is 4. The molecule has 1 amide bonds. The van der Waals surface area contributed by atoms with E-state index < -0.39 is 11.7 Å². The molecular formula is C18H21ClN3O3-. The summed E-state index contributed by atoms with van der Waals surface area (Å²) in [4.78, 5) is 27.5. The van der Waals surface area contributed by atoms with Crippen molar-refractivity contribution in [2.45, 2.75) is 18.9 Å². The Bertz CT molecular complexity index is 824. The summed E-state index contributed by atoms with van der Waals surface area (Å²) in [7, 11) is 1.82. The lowest BCUT2D eigenvalue weighted by Crippen LogP contribution is -3.00. The molecule has 0 saturated carbocycles. The number of nitrogens with zero attached hydrogens (tertiary/aromatic N) is 2. The number of carbonyl (C=O) groups is 2. The van der Waals surface area contributed by atoms with Gasteiger partial charge in [0, 0.05) is 36.7 Å². The van der Waals surface area contributed by atoms with Crippen LogP contribution in [0.25, 0.3) is 10.9 Å². The quantitative estimate of drug-likeness (QED) is 0.503. The molecule has 7 heteroatoms. The maximum atomic E-state index is 12.6. The first-order chi connectivity index (χ1) is 11.5. The molecule has 3 saturated heterocycles. The summed E-state index contributed by atoms with van der Waals surface area (Å²) in [5.74, 6) is -0.531. The highest BCUT2D eigenvalue weighted by atomic mass is 35.5. The number of phenols is 1. The number of benzene rings is 1. The van der Waals surface area contributed by atoms with Gasteiger partial charge in [-0.2, -0.15) is 0 Å². The number of piperidine rings is 3. The summed E-state index contributed by atoms with van der Waals surface area (Å²) in [5.41, 5.74) is 1.15. The van der Waals surface area contributed by atoms with Crippen LogP contribution in [0.5, 0.6) is 5.75 Å². The molecule has 6 nitrogen and oxygen atoms in total. The van der Waals surface area contributed by atoms with Crippen LogP contribution in [0.3, 0.4) is 0 Å². The maximum Gasteiger partial charge on any atom is 0.292 e. The number of fused-ring (bicyclic) bond motifs is 4. The number of aryl methyl sites for hydroxylation is 1. The summed E-state index contributed by atoms with van der Waals surface area (Å²) in [6, 6.07) is 4.91. The number of carbonyl (C=O) groups excluding carboxylic acids is 2. The molecule has 0 aliphatic carbocycles. The topological polar surface area (TPSA) is 74.6 Å². The summed E-state index contributed by atoms with van der Waals surface area (Å²) < 4.78 is 1.80. The van der Waals surface area contributed by atoms with Crippen LogP contribution in [0.15, 0.2) is 24.4 Å². The van der Waals surface area contributed by atoms with Crippen molar-refractivity contribution < 1.29 is 27.1 Å². The predicted octanol–water partition coefficient (Wildman–Crippen LogP) is -1.72. The average molecular weight is 363 g/mol. The Morgan fingerprint density at radius 2 is 1.96 bits per heavy atom. The van der Waals surface area contributed by atoms with Crippen LogP contribution >= 0.6 is 0 Å². The van der Waals surface area contributed by atoms with Crippen molar-refractivity contribution in [1.82, 2.24) is 14.8 Å². The molecule has 2 aromatic rings. The average Bonchev–Trinajstić information content (AvgIpc) is 2.91. The van der Waals surface area contributed by atoms with Crippen molar-refractivity contribution in [3.63, 3.8) is 0 Å². The molecule has 3 fully saturated rings. The molecule has 5 rings (SSSR count). The van der Waals surface area contributed by atoms with Crippen LogP contribution in [-0.4, -0.2) is 51.9 Å². The molecule has 134 valence electrons. The monoisotopic (exact) mass is 362 g/mol. The standard InChI is InChI=1S/C18H21N3O3.ClH/c1-20-9-14(13-8-12(22)2-3-16(13)20)17(23)18(24)19-15-10-21-6-4-11(15)5-7-21;/h2-3,8-9,11,15,22H,4-7,10H2,1H3,(H,19,24);1H/p-1/t15-;/m1./s1. The van der Waals surface area contributed by atoms with E-state index in [1.54, 1.807) is 22.9 Å². The third-order valence-corrected chi connectivity index (χ3v) is 5.40. The first kappa shape index (κ1) is 17.8. The fourth-order valence-electron chi connectivity index (χ4n) is 4.05. The number of phenolic OH excluding ortho intramolecular Hbond substituents is 1. The van der Waals surface area contributed by atoms with E-state index >= 15 is 0 Å². The van der Waals surface area contributed by atoms with Crippen LogP contribution in [0.4, 0.5) is 0 Å². The molecular weight excluding hydrogens is 342 g/mol. The van der Waals surface area contributed by atoms with E-state index in [-0.39, 0.29) is 24.2 Å². The minimum Gasteiger partial charge on any atom is -1.00 e. The lowest BCUT2D eigenvalue weighted by molar-refractivity contribution is -0.119. The van der Waals surface area contributed by atoms with Gasteiger partial charge in [-0.05, 0) is 50.0 Å². The Morgan fingerprint density at radius 3 is 2.60 bits per heavy atom. The van der Waals surface area contributed by atoms with E-state index in [0.717, 1.165) is 38.0 Å². The van der Waals surface area contributed by atoms with Gasteiger partial charge in [0.25, 0.3) is 11.7 Å². The number of halogens is 1. The number of ketones is 1. The number of amides is 1. The molecule has 4 heterocycles. The van der Waals surface area contributed by atoms with Gasteiger partial charge in [-0.15, -0.1) is 0 Å². The van der Waals surface area contributed by atoms with Crippen molar-refractivity contribution in [3.8, 4) is 5.75 Å². The number of Topliss-reactive ketones (excluding diaryl/α,β-unsaturated/α-hetero) is 1. The fraction of sp³-hybridized carbons (Fsp3) is 0.444. The van der Waals surface area contributed by atoms with Gasteiger partial charge >= 0.3 is 0 Å². The van der Waals surface area contributed by atoms with Crippen LogP contribution in [0.2, 0.25) is 0 Å². The largest absolute Gasteiger partial charge is 1.00 e. The van der Waals surface area contributed by atoms with Crippen LogP contribution in [-0.2, 0) is 11.8 Å². The van der Waals surface area contributed by atoms with Gasteiger partial charge in [0.05, 0.1) is 5.56 Å². The minimum atomic E-state index is -0.551. The molecule has 3 aliphatic rings. The second-order valence-electron chi connectivity index (χ2n) is 6.90. The highest BCUT2D eigenvalue weighted by Gasteiger charge is 2.36. The first-order valence-electron chi connectivity index (χ1n) is 8.38. The zero-order valence-electron chi connectivity index (χ0n) is 14.0. The molecule has 0 unspecified atom stereocenters. The molecule has 2 bridgehead atoms. The summed E-state index contributed by atoms with van der Waals surface area (Å²) in [6.07, 6.45) is 3.82. The Kier molecular flexibility index (Phi) is 4.75. The number of rotatable bonds is 3. The lowest BCUT2D eigenvalue weighted by Gasteiger charge is -2.44. The van der Waals surface area contributed by atoms with Gasteiger partial charge in [-0.1, -0.05) is 0 Å². The first-order valence-corrected chi connectivity index (χ1v) is 8.38. The van der Waals surface area contributed by atoms with Gasteiger partial charge in [-0.25, -0.2) is 0 Å². The third kappa shape index (κ3) is 3.12. The zero-order valence-corrected chi connectivity index (χ0v) is 14.8. The van der Waals surface area contributed by atoms with Gasteiger partial charge in [0.1, 0.15) is 5.75 Å². The number of aromatic hydroxyl groups is 1. The van der Waals surface area contributed by atoms with Crippen molar-refractivity contribution in [1.29, 1.82) is 0 Å². The molecule has 0 spiro atoms. The van der Waals surface area contributed by atoms with Crippen molar-refractivity contribution in [2.75, 3.05) is 19.6 Å². The number of nitrogens with one attached hydrogen (secondary N) is 1. The van der Waals surface area contributed by atoms with Crippen molar-refractivity contribution in [2.24, 2.45) is 13.0 Å². The Labute approximate surface area is 152 Å². The van der Waals surface area contributed by atoms with Crippen molar-refractivity contribution >= 4 is 22.6 Å². The molecule has 1 atom stereocenters. The minimum absolute atomic E-state index is 0. The molecule has 3 aliphatic heterocycles. The lowest BCUT2D eigenvalue weighted by atomic mass is 9.84. The third-order valence-electron chi connectivity index (χ3n) is 5.40. The van der Waals surface area contributed by atoms with Crippen LogP contribution < -0.4 is 17.7 Å². The SMILES string of the molecule is Cn1cc(C(=O)C(=O)N[C@@H]2CN3CCC2CC3)c2cc(O)ccc21.[Cl-]. The Morgan fingerprint density at radius 1 is 1.24 bits per heavy atom. The highest BCUT2D eigenvalue weighted by molar-refractivity contribution is 6.45. The molecule has 25 heavy (non-hydrogen) atoms. The van der Waals surface area contributed by atoms with Gasteiger partial charge < -0.3 is 32.3 Å². The molecule has 1 aromatic heterocycles. The Hall–Kier alpha value is -2.05. The van der Waals surface area contributed by atoms with E-state index in [4.69, 9.17) is 0 Å². The van der Waals surface area contributed by atoms with Crippen LogP contribution in [0.1, 0.15) is 23.2 Å². The van der Waals surface area contributed by atoms with Gasteiger partial charge in [0.15, 0.2) is 0 Å². The summed E-state index contributed by atoms with van der Waals surface area (Å²) >= 11 is 0. The number of hydrogen-bond donors (Lipinski definition) is 2. The number of aromatic nitrogens is 1. The predicted molar refractivity (Wildman–Crippen MR) is 90.0 cm³/mol. The Balaban J connectivity index is 0.00000182. The smallest absolute Gasteiger partial charge is 0.292 e. The van der Waals surface area contributed by atoms with E-state index in [9.17, 15) is 14.7 Å². The summed E-state index contributed by atoms with van der Waals surface area (Å²) in [5, 5.41) is 13.2. The van der Waals surface area contributed by atoms with Crippen LogP contribution in [0, 0.1) is 5.92 Å². The van der Waals surface area contributed by atoms with E-state index in [2.05, 4.69) is 10.2 Å². The highest BCUT2D eigenvalue weighted by Crippen LogP contribution is 2.28. The van der Waals surface area contributed by atoms with Gasteiger partial charge in [0.2, 0.25) is 0 Å². The van der Waals surface area contributed by atoms with Gasteiger partial charge in [-0.3, -0.25) is 9.59 Å². The summed E-state index contributed by atoms with van der Waals surface area (Å²) in [6.45, 7) is 3.02. The molecule has 1 aromatic carbocycles.